The van der Waals surface area contributed by atoms with Gasteiger partial charge in [0.1, 0.15) is 0 Å². The average molecular weight is 290 g/mol. The Bertz CT molecular complexity index is 538. The fraction of sp³-hybridized carbons (Fsp3) is 0.636. The number of β-amino-alcohol motifs (C(OH)–C–C–N with tert-alkyl or cyclic N) is 1. The van der Waals surface area contributed by atoms with E-state index in [-0.39, 0.29) is 0 Å². The molecule has 1 aromatic rings. The summed E-state index contributed by atoms with van der Waals surface area (Å²) in [7, 11) is -1.99. The molecule has 0 amide bonds. The zero-order valence-electron chi connectivity index (χ0n) is 10.7. The summed E-state index contributed by atoms with van der Waals surface area (Å²) in [4.78, 5) is 2.12. The van der Waals surface area contributed by atoms with Crippen LogP contribution in [0.15, 0.2) is 11.0 Å². The highest BCUT2D eigenvalue weighted by Crippen LogP contribution is 2.28. The number of sulfonamides is 1. The molecule has 0 saturated carbocycles. The van der Waals surface area contributed by atoms with Crippen LogP contribution in [0.4, 0.5) is 0 Å². The number of likely N-dealkylation sites (N-methyl/N-ethyl adjacent to an activating group) is 1. The van der Waals surface area contributed by atoms with Gasteiger partial charge in [-0.15, -0.1) is 11.3 Å². The van der Waals surface area contributed by atoms with Gasteiger partial charge in [-0.25, -0.2) is 8.42 Å². The van der Waals surface area contributed by atoms with Gasteiger partial charge in [0.05, 0.1) is 17.0 Å². The first kappa shape index (κ1) is 14.0. The Labute approximate surface area is 111 Å². The van der Waals surface area contributed by atoms with E-state index in [1.54, 1.807) is 6.07 Å². The van der Waals surface area contributed by atoms with E-state index in [1.807, 2.05) is 13.8 Å². The topological polar surface area (TPSA) is 69.6 Å². The molecule has 7 heteroatoms. The lowest BCUT2D eigenvalue weighted by molar-refractivity contribution is 0.136. The van der Waals surface area contributed by atoms with Gasteiger partial charge in [-0.05, 0) is 19.9 Å². The lowest BCUT2D eigenvalue weighted by Gasteiger charge is -2.25. The summed E-state index contributed by atoms with van der Waals surface area (Å²) in [6, 6.07) is 1.30. The van der Waals surface area contributed by atoms with Gasteiger partial charge in [0.2, 0.25) is 10.0 Å². The molecule has 18 heavy (non-hydrogen) atoms. The number of aliphatic hydroxyl groups is 1. The second-order valence-electron chi connectivity index (χ2n) is 4.59. The zero-order chi connectivity index (χ0) is 13.5. The normalized spacial score (nSPS) is 24.9. The van der Waals surface area contributed by atoms with E-state index in [4.69, 9.17) is 0 Å². The standard InChI is InChI=1S/C11H18N2O3S2/c1-7-4-11(8(2)17-7)18(15,16)13(3)9-5-12-6-10(9)14/h4,9-10,12,14H,5-6H2,1-3H3/t9-,10-/m0/s1. The molecule has 102 valence electrons. The maximum atomic E-state index is 12.5. The first-order valence-electron chi connectivity index (χ1n) is 5.78. The number of nitrogens with one attached hydrogen (secondary N) is 1. The minimum absolute atomic E-state index is 0.353. The van der Waals surface area contributed by atoms with Crippen LogP contribution in [0.1, 0.15) is 9.75 Å². The van der Waals surface area contributed by atoms with Crippen LogP contribution < -0.4 is 5.32 Å². The molecular weight excluding hydrogens is 272 g/mol. The summed E-state index contributed by atoms with van der Waals surface area (Å²) < 4.78 is 26.3. The third-order valence-corrected chi connectivity index (χ3v) is 6.37. The van der Waals surface area contributed by atoms with Crippen molar-refractivity contribution in [3.63, 3.8) is 0 Å². The number of hydrogen-bond donors (Lipinski definition) is 2. The van der Waals surface area contributed by atoms with Gasteiger partial charge in [0, 0.05) is 29.9 Å². The summed E-state index contributed by atoms with van der Waals surface area (Å²) in [6.45, 7) is 4.62. The van der Waals surface area contributed by atoms with Gasteiger partial charge < -0.3 is 10.4 Å². The van der Waals surface area contributed by atoms with Gasteiger partial charge in [-0.3, -0.25) is 0 Å². The molecule has 2 heterocycles. The fourth-order valence-electron chi connectivity index (χ4n) is 2.22. The summed E-state index contributed by atoms with van der Waals surface area (Å²) in [5, 5.41) is 12.8. The Morgan fingerprint density at radius 1 is 1.44 bits per heavy atom. The number of aliphatic hydroxyl groups excluding tert-OH is 1. The number of hydrogen-bond acceptors (Lipinski definition) is 5. The number of rotatable bonds is 3. The predicted molar refractivity (Wildman–Crippen MR) is 71.4 cm³/mol. The Morgan fingerprint density at radius 2 is 2.11 bits per heavy atom. The van der Waals surface area contributed by atoms with E-state index in [0.717, 1.165) is 9.75 Å². The van der Waals surface area contributed by atoms with Crippen LogP contribution in [0.2, 0.25) is 0 Å². The SMILES string of the molecule is Cc1cc(S(=O)(=O)N(C)[C@H]2CNC[C@@H]2O)c(C)s1. The summed E-state index contributed by atoms with van der Waals surface area (Å²) in [5.41, 5.74) is 0. The monoisotopic (exact) mass is 290 g/mol. The van der Waals surface area contributed by atoms with Crippen LogP contribution in [0.5, 0.6) is 0 Å². The van der Waals surface area contributed by atoms with Crippen molar-refractivity contribution < 1.29 is 13.5 Å². The highest BCUT2D eigenvalue weighted by atomic mass is 32.2. The molecule has 2 atom stereocenters. The van der Waals surface area contributed by atoms with Crippen molar-refractivity contribution in [3.05, 3.63) is 15.8 Å². The van der Waals surface area contributed by atoms with Crippen molar-refractivity contribution in [2.75, 3.05) is 20.1 Å². The Hall–Kier alpha value is -0.470. The molecule has 0 unspecified atom stereocenters. The lowest BCUT2D eigenvalue weighted by atomic mass is 10.2. The third kappa shape index (κ3) is 2.33. The number of aryl methyl sites for hydroxylation is 2. The van der Waals surface area contributed by atoms with Crippen molar-refractivity contribution >= 4 is 21.4 Å². The van der Waals surface area contributed by atoms with E-state index in [0.29, 0.717) is 18.0 Å². The minimum Gasteiger partial charge on any atom is -0.390 e. The molecular formula is C11H18N2O3S2. The highest BCUT2D eigenvalue weighted by Gasteiger charge is 2.36. The predicted octanol–water partition coefficient (Wildman–Crippen LogP) is 0.318. The van der Waals surface area contributed by atoms with Crippen LogP contribution in [0, 0.1) is 13.8 Å². The average Bonchev–Trinajstić information content (AvgIpc) is 2.83. The van der Waals surface area contributed by atoms with Crippen molar-refractivity contribution in [2.24, 2.45) is 0 Å². The fourth-order valence-corrected chi connectivity index (χ4v) is 5.12. The summed E-state index contributed by atoms with van der Waals surface area (Å²) in [6.07, 6.45) is -0.648. The zero-order valence-corrected chi connectivity index (χ0v) is 12.3. The largest absolute Gasteiger partial charge is 0.390 e. The molecule has 5 nitrogen and oxygen atoms in total. The van der Waals surface area contributed by atoms with E-state index in [2.05, 4.69) is 5.32 Å². The molecule has 2 rings (SSSR count). The highest BCUT2D eigenvalue weighted by molar-refractivity contribution is 7.89. The van der Waals surface area contributed by atoms with Crippen LogP contribution in [0.25, 0.3) is 0 Å². The van der Waals surface area contributed by atoms with Crippen LogP contribution in [0.3, 0.4) is 0 Å². The van der Waals surface area contributed by atoms with E-state index >= 15 is 0 Å². The molecule has 1 aromatic heterocycles. The Balaban J connectivity index is 2.34. The lowest BCUT2D eigenvalue weighted by Crippen LogP contribution is -2.44. The third-order valence-electron chi connectivity index (χ3n) is 3.27. The van der Waals surface area contributed by atoms with E-state index < -0.39 is 22.2 Å². The van der Waals surface area contributed by atoms with Crippen LogP contribution >= 0.6 is 11.3 Å². The molecule has 0 aromatic carbocycles. The quantitative estimate of drug-likeness (QED) is 0.841. The maximum Gasteiger partial charge on any atom is 0.244 e. The molecule has 2 N–H and O–H groups in total. The molecule has 0 bridgehead atoms. The van der Waals surface area contributed by atoms with E-state index in [1.165, 1.54) is 22.7 Å². The smallest absolute Gasteiger partial charge is 0.244 e. The van der Waals surface area contributed by atoms with Gasteiger partial charge in [-0.2, -0.15) is 4.31 Å². The van der Waals surface area contributed by atoms with Crippen molar-refractivity contribution in [2.45, 2.75) is 30.9 Å². The number of nitrogens with zero attached hydrogens (tertiary/aromatic N) is 1. The van der Waals surface area contributed by atoms with Gasteiger partial charge >= 0.3 is 0 Å². The summed E-state index contributed by atoms with van der Waals surface area (Å²) in [5.74, 6) is 0. The van der Waals surface area contributed by atoms with Crippen LogP contribution in [-0.4, -0.2) is 50.1 Å². The first-order valence-corrected chi connectivity index (χ1v) is 8.03. The van der Waals surface area contributed by atoms with Gasteiger partial charge in [-0.1, -0.05) is 0 Å². The molecule has 1 aliphatic heterocycles. The van der Waals surface area contributed by atoms with E-state index in [9.17, 15) is 13.5 Å². The second kappa shape index (κ2) is 4.90. The first-order chi connectivity index (χ1) is 8.34. The summed E-state index contributed by atoms with van der Waals surface area (Å²) >= 11 is 1.47. The van der Waals surface area contributed by atoms with Crippen molar-refractivity contribution in [3.8, 4) is 0 Å². The van der Waals surface area contributed by atoms with Crippen molar-refractivity contribution in [1.82, 2.24) is 9.62 Å². The Morgan fingerprint density at radius 3 is 2.56 bits per heavy atom. The minimum atomic E-state index is -3.52. The second-order valence-corrected chi connectivity index (χ2v) is 8.02. The van der Waals surface area contributed by atoms with Crippen LogP contribution in [-0.2, 0) is 10.0 Å². The van der Waals surface area contributed by atoms with Gasteiger partial charge in [0.15, 0.2) is 0 Å². The molecule has 1 saturated heterocycles. The number of thiophene rings is 1. The molecule has 1 fully saturated rings. The van der Waals surface area contributed by atoms with Crippen molar-refractivity contribution in [1.29, 1.82) is 0 Å². The Kier molecular flexibility index (Phi) is 3.80. The molecule has 1 aliphatic rings. The maximum absolute atomic E-state index is 12.5. The molecule has 0 radical (unpaired) electrons. The molecule has 0 aliphatic carbocycles. The molecule has 0 spiro atoms. The van der Waals surface area contributed by atoms with Gasteiger partial charge in [0.25, 0.3) is 0 Å².